The summed E-state index contributed by atoms with van der Waals surface area (Å²) in [6, 6.07) is 18.7. The number of benzene rings is 2. The monoisotopic (exact) mass is 371 g/mol. The molecular weight excluding hydrogens is 350 g/mol. The molecule has 1 heterocycles. The van der Waals surface area contributed by atoms with Crippen molar-refractivity contribution in [3.05, 3.63) is 82.7 Å². The molecule has 0 radical (unpaired) electrons. The Bertz CT molecular complexity index is 1070. The van der Waals surface area contributed by atoms with E-state index in [1.54, 1.807) is 18.3 Å². The van der Waals surface area contributed by atoms with E-state index in [4.69, 9.17) is 5.26 Å². The van der Waals surface area contributed by atoms with Crippen LogP contribution in [0.5, 0.6) is 0 Å². The van der Waals surface area contributed by atoms with E-state index in [0.29, 0.717) is 5.56 Å². The molecule has 0 aliphatic rings. The maximum atomic E-state index is 12.0. The quantitative estimate of drug-likeness (QED) is 0.525. The fourth-order valence-corrected chi connectivity index (χ4v) is 3.02. The van der Waals surface area contributed by atoms with E-state index in [1.807, 2.05) is 63.2 Å². The van der Waals surface area contributed by atoms with E-state index >= 15 is 0 Å². The molecule has 3 aromatic rings. The molecule has 0 unspecified atom stereocenters. The predicted molar refractivity (Wildman–Crippen MR) is 111 cm³/mol. The summed E-state index contributed by atoms with van der Waals surface area (Å²) in [4.78, 5) is 12.0. The minimum Gasteiger partial charge on any atom is -0.318 e. The highest BCUT2D eigenvalue weighted by Gasteiger charge is 2.10. The molecular formula is C22H21N5O. The summed E-state index contributed by atoms with van der Waals surface area (Å²) in [6.07, 6.45) is 1.62. The van der Waals surface area contributed by atoms with Gasteiger partial charge in [0.2, 0.25) is 0 Å². The zero-order chi connectivity index (χ0) is 20.1. The SMILES string of the molecule is Cc1ccccc1NC(=O)NN=Cc1cc(C)n(-c2ccc(C#N)cc2)c1C. The molecule has 0 spiro atoms. The van der Waals surface area contributed by atoms with Crippen molar-refractivity contribution < 1.29 is 4.79 Å². The van der Waals surface area contributed by atoms with Gasteiger partial charge in [-0.1, -0.05) is 18.2 Å². The molecule has 0 aliphatic heterocycles. The molecule has 0 saturated heterocycles. The average molecular weight is 371 g/mol. The number of aryl methyl sites for hydroxylation is 2. The summed E-state index contributed by atoms with van der Waals surface area (Å²) >= 11 is 0. The molecule has 0 saturated carbocycles. The summed E-state index contributed by atoms with van der Waals surface area (Å²) in [5, 5.41) is 15.8. The van der Waals surface area contributed by atoms with Crippen LogP contribution in [-0.4, -0.2) is 16.8 Å². The van der Waals surface area contributed by atoms with Crippen LogP contribution in [0.3, 0.4) is 0 Å². The van der Waals surface area contributed by atoms with E-state index in [0.717, 1.165) is 33.9 Å². The van der Waals surface area contributed by atoms with Crippen molar-refractivity contribution in [2.24, 2.45) is 5.10 Å². The number of hydrazone groups is 1. The summed E-state index contributed by atoms with van der Waals surface area (Å²) in [5.41, 5.74) is 8.74. The number of hydrogen-bond acceptors (Lipinski definition) is 3. The van der Waals surface area contributed by atoms with Gasteiger partial charge in [0.25, 0.3) is 0 Å². The van der Waals surface area contributed by atoms with E-state index in [9.17, 15) is 4.79 Å². The van der Waals surface area contributed by atoms with Gasteiger partial charge in [0.1, 0.15) is 0 Å². The number of anilines is 1. The lowest BCUT2D eigenvalue weighted by Crippen LogP contribution is -2.24. The Balaban J connectivity index is 1.71. The Kier molecular flexibility index (Phi) is 5.56. The number of rotatable bonds is 4. The molecule has 0 atom stereocenters. The second-order valence-electron chi connectivity index (χ2n) is 6.46. The second-order valence-corrected chi connectivity index (χ2v) is 6.46. The number of para-hydroxylation sites is 1. The first-order valence-electron chi connectivity index (χ1n) is 8.85. The molecule has 2 amide bonds. The molecule has 0 fully saturated rings. The van der Waals surface area contributed by atoms with Gasteiger partial charge in [0, 0.05) is 28.3 Å². The number of carbonyl (C=O) groups is 1. The number of nitriles is 1. The fourth-order valence-electron chi connectivity index (χ4n) is 3.02. The summed E-state index contributed by atoms with van der Waals surface area (Å²) in [6.45, 7) is 5.91. The zero-order valence-electron chi connectivity index (χ0n) is 16.0. The largest absolute Gasteiger partial charge is 0.339 e. The van der Waals surface area contributed by atoms with E-state index in [2.05, 4.69) is 26.5 Å². The standard InChI is InChI=1S/C22H21N5O/c1-15-6-4-5-7-21(15)25-22(28)26-24-14-19-12-16(2)27(17(19)3)20-10-8-18(13-23)9-11-20/h4-12,14H,1-3H3,(H2,25,26,28). The molecule has 28 heavy (non-hydrogen) atoms. The Morgan fingerprint density at radius 2 is 1.82 bits per heavy atom. The lowest BCUT2D eigenvalue weighted by Gasteiger charge is -2.09. The van der Waals surface area contributed by atoms with Crippen molar-refractivity contribution in [2.45, 2.75) is 20.8 Å². The molecule has 0 aliphatic carbocycles. The molecule has 2 N–H and O–H groups in total. The lowest BCUT2D eigenvalue weighted by atomic mass is 10.2. The Labute approximate surface area is 164 Å². The molecule has 2 aromatic carbocycles. The highest BCUT2D eigenvalue weighted by atomic mass is 16.2. The van der Waals surface area contributed by atoms with E-state index < -0.39 is 6.03 Å². The minimum atomic E-state index is -0.397. The number of amides is 2. The average Bonchev–Trinajstić information content (AvgIpc) is 2.97. The van der Waals surface area contributed by atoms with Gasteiger partial charge >= 0.3 is 6.03 Å². The van der Waals surface area contributed by atoms with Gasteiger partial charge in [0.15, 0.2) is 0 Å². The minimum absolute atomic E-state index is 0.397. The maximum absolute atomic E-state index is 12.0. The smallest absolute Gasteiger partial charge is 0.318 e. The summed E-state index contributed by atoms with van der Waals surface area (Å²) in [7, 11) is 0. The first kappa shape index (κ1) is 18.9. The number of hydrogen-bond donors (Lipinski definition) is 2. The first-order valence-corrected chi connectivity index (χ1v) is 8.85. The molecule has 1 aromatic heterocycles. The van der Waals surface area contributed by atoms with Crippen molar-refractivity contribution in [3.8, 4) is 11.8 Å². The number of aromatic nitrogens is 1. The van der Waals surface area contributed by atoms with Gasteiger partial charge < -0.3 is 9.88 Å². The normalized spacial score (nSPS) is 10.6. The van der Waals surface area contributed by atoms with E-state index in [1.165, 1.54) is 0 Å². The molecule has 0 bridgehead atoms. The van der Waals surface area contributed by atoms with Crippen LogP contribution >= 0.6 is 0 Å². The number of urea groups is 1. The number of nitrogens with one attached hydrogen (secondary N) is 2. The predicted octanol–water partition coefficient (Wildman–Crippen LogP) is 4.43. The van der Waals surface area contributed by atoms with Crippen LogP contribution in [-0.2, 0) is 0 Å². The Morgan fingerprint density at radius 3 is 2.50 bits per heavy atom. The number of nitrogens with zero attached hydrogens (tertiary/aromatic N) is 3. The van der Waals surface area contributed by atoms with Gasteiger partial charge in [-0.05, 0) is 62.7 Å². The van der Waals surface area contributed by atoms with Crippen molar-refractivity contribution in [3.63, 3.8) is 0 Å². The molecule has 3 rings (SSSR count). The van der Waals surface area contributed by atoms with Gasteiger partial charge in [-0.3, -0.25) is 0 Å². The fraction of sp³-hybridized carbons (Fsp3) is 0.136. The van der Waals surface area contributed by atoms with E-state index in [-0.39, 0.29) is 0 Å². The van der Waals surface area contributed by atoms with Crippen molar-refractivity contribution in [2.75, 3.05) is 5.32 Å². The van der Waals surface area contributed by atoms with Crippen molar-refractivity contribution >= 4 is 17.9 Å². The van der Waals surface area contributed by atoms with Gasteiger partial charge in [-0.25, -0.2) is 10.2 Å². The summed E-state index contributed by atoms with van der Waals surface area (Å²) < 4.78 is 2.08. The lowest BCUT2D eigenvalue weighted by molar-refractivity contribution is 0.252. The highest BCUT2D eigenvalue weighted by Crippen LogP contribution is 2.20. The van der Waals surface area contributed by atoms with Gasteiger partial charge in [-0.2, -0.15) is 10.4 Å². The molecule has 6 nitrogen and oxygen atoms in total. The van der Waals surface area contributed by atoms with Crippen LogP contribution in [0.25, 0.3) is 5.69 Å². The Hall–Kier alpha value is -3.85. The van der Waals surface area contributed by atoms with Gasteiger partial charge in [-0.15, -0.1) is 0 Å². The van der Waals surface area contributed by atoms with Crippen LogP contribution in [0.2, 0.25) is 0 Å². The van der Waals surface area contributed by atoms with Crippen LogP contribution < -0.4 is 10.7 Å². The maximum Gasteiger partial charge on any atom is 0.339 e. The third-order valence-corrected chi connectivity index (χ3v) is 4.49. The summed E-state index contributed by atoms with van der Waals surface area (Å²) in [5.74, 6) is 0. The van der Waals surface area contributed by atoms with Crippen LogP contribution in [0.1, 0.15) is 28.1 Å². The first-order chi connectivity index (χ1) is 13.5. The van der Waals surface area contributed by atoms with Gasteiger partial charge in [0.05, 0.1) is 17.8 Å². The third-order valence-electron chi connectivity index (χ3n) is 4.49. The number of carbonyl (C=O) groups excluding carboxylic acids is 1. The van der Waals surface area contributed by atoms with Crippen LogP contribution in [0.4, 0.5) is 10.5 Å². The Morgan fingerprint density at radius 1 is 1.11 bits per heavy atom. The second kappa shape index (κ2) is 8.23. The van der Waals surface area contributed by atoms with Crippen molar-refractivity contribution in [1.29, 1.82) is 5.26 Å². The van der Waals surface area contributed by atoms with Crippen LogP contribution in [0, 0.1) is 32.1 Å². The van der Waals surface area contributed by atoms with Crippen molar-refractivity contribution in [1.82, 2.24) is 9.99 Å². The zero-order valence-corrected chi connectivity index (χ0v) is 16.0. The third kappa shape index (κ3) is 4.10. The highest BCUT2D eigenvalue weighted by molar-refractivity contribution is 5.91. The topological polar surface area (TPSA) is 82.2 Å². The van der Waals surface area contributed by atoms with Crippen LogP contribution in [0.15, 0.2) is 59.7 Å². The molecule has 140 valence electrons. The molecule has 6 heteroatoms.